The first-order chi connectivity index (χ1) is 13.9. The first kappa shape index (κ1) is 22.8. The fourth-order valence-electron chi connectivity index (χ4n) is 3.57. The summed E-state index contributed by atoms with van der Waals surface area (Å²) in [7, 11) is 0. The number of nitrogens with one attached hydrogen (secondary N) is 2. The molecule has 2 N–H and O–H groups in total. The normalized spacial score (nSPS) is 16.7. The highest BCUT2D eigenvalue weighted by molar-refractivity contribution is 9.10. The molecule has 0 saturated heterocycles. The zero-order valence-corrected chi connectivity index (χ0v) is 19.1. The molecule has 0 saturated carbocycles. The van der Waals surface area contributed by atoms with Crippen molar-refractivity contribution in [2.45, 2.75) is 46.2 Å². The lowest BCUT2D eigenvalue weighted by atomic mass is 9.72. The maximum absolute atomic E-state index is 13.1. The molecular formula is C21H22BrF3N2O2S. The van der Waals surface area contributed by atoms with Crippen LogP contribution in [0.2, 0.25) is 0 Å². The molecule has 1 atom stereocenters. The van der Waals surface area contributed by atoms with E-state index in [1.807, 2.05) is 5.32 Å². The Balaban J connectivity index is 1.99. The van der Waals surface area contributed by atoms with E-state index in [0.717, 1.165) is 28.2 Å². The molecule has 1 aromatic heterocycles. The van der Waals surface area contributed by atoms with Gasteiger partial charge in [0.25, 0.3) is 5.91 Å². The van der Waals surface area contributed by atoms with Crippen LogP contribution in [0.4, 0.5) is 23.9 Å². The van der Waals surface area contributed by atoms with E-state index in [4.69, 9.17) is 0 Å². The van der Waals surface area contributed by atoms with Gasteiger partial charge in [-0.1, -0.05) is 32.9 Å². The number of anilines is 2. The highest BCUT2D eigenvalue weighted by Crippen LogP contribution is 2.45. The molecule has 9 heteroatoms. The van der Waals surface area contributed by atoms with Crippen molar-refractivity contribution in [3.8, 4) is 0 Å². The molecule has 0 fully saturated rings. The van der Waals surface area contributed by atoms with Gasteiger partial charge < -0.3 is 10.6 Å². The van der Waals surface area contributed by atoms with Gasteiger partial charge in [-0.15, -0.1) is 11.3 Å². The molecule has 0 bridgehead atoms. The van der Waals surface area contributed by atoms with Crippen LogP contribution in [-0.4, -0.2) is 18.0 Å². The quantitative estimate of drug-likeness (QED) is 0.508. The Labute approximate surface area is 185 Å². The molecule has 1 heterocycles. The number of amides is 2. The van der Waals surface area contributed by atoms with Crippen LogP contribution in [0.1, 0.15) is 48.0 Å². The summed E-state index contributed by atoms with van der Waals surface area (Å²) in [5.74, 6) is -2.27. The molecule has 0 aliphatic heterocycles. The summed E-state index contributed by atoms with van der Waals surface area (Å²) in [6.07, 6.45) is -2.96. The van der Waals surface area contributed by atoms with E-state index in [9.17, 15) is 22.8 Å². The van der Waals surface area contributed by atoms with Crippen LogP contribution in [0.25, 0.3) is 0 Å². The van der Waals surface area contributed by atoms with Crippen molar-refractivity contribution < 1.29 is 22.8 Å². The van der Waals surface area contributed by atoms with Crippen molar-refractivity contribution in [2.75, 3.05) is 10.6 Å². The third kappa shape index (κ3) is 4.88. The molecule has 0 radical (unpaired) electrons. The van der Waals surface area contributed by atoms with Gasteiger partial charge in [0.2, 0.25) is 0 Å². The molecule has 1 aromatic carbocycles. The predicted molar refractivity (Wildman–Crippen MR) is 116 cm³/mol. The number of benzene rings is 1. The van der Waals surface area contributed by atoms with E-state index in [0.29, 0.717) is 28.9 Å². The Morgan fingerprint density at radius 1 is 1.13 bits per heavy atom. The molecular weight excluding hydrogens is 481 g/mol. The minimum atomic E-state index is -5.03. The largest absolute Gasteiger partial charge is 0.471 e. The summed E-state index contributed by atoms with van der Waals surface area (Å²) in [5.41, 5.74) is 1.38. The SMILES string of the molecule is CC(C)(C)C1CCc2c(sc(NC(=O)C(F)(F)F)c2C(=O)Nc2ccccc2Br)C1. The van der Waals surface area contributed by atoms with Crippen LogP contribution >= 0.6 is 27.3 Å². The third-order valence-corrected chi connectivity index (χ3v) is 7.18. The third-order valence-electron chi connectivity index (χ3n) is 5.32. The molecule has 162 valence electrons. The molecule has 1 aliphatic rings. The van der Waals surface area contributed by atoms with Gasteiger partial charge in [-0.25, -0.2) is 0 Å². The minimum Gasteiger partial charge on any atom is -0.321 e. The van der Waals surface area contributed by atoms with Crippen LogP contribution in [0.15, 0.2) is 28.7 Å². The monoisotopic (exact) mass is 502 g/mol. The van der Waals surface area contributed by atoms with Crippen molar-refractivity contribution in [1.82, 2.24) is 0 Å². The second-order valence-corrected chi connectivity index (χ2v) is 10.4. The predicted octanol–water partition coefficient (Wildman–Crippen LogP) is 6.41. The van der Waals surface area contributed by atoms with E-state index in [1.165, 1.54) is 0 Å². The van der Waals surface area contributed by atoms with E-state index < -0.39 is 18.0 Å². The molecule has 1 unspecified atom stereocenters. The highest BCUT2D eigenvalue weighted by atomic mass is 79.9. The number of alkyl halides is 3. The molecule has 1 aliphatic carbocycles. The van der Waals surface area contributed by atoms with Gasteiger partial charge in [-0.2, -0.15) is 13.2 Å². The average molecular weight is 503 g/mol. The summed E-state index contributed by atoms with van der Waals surface area (Å²) in [4.78, 5) is 25.5. The highest BCUT2D eigenvalue weighted by Gasteiger charge is 2.41. The summed E-state index contributed by atoms with van der Waals surface area (Å²) < 4.78 is 39.2. The number of carbonyl (C=O) groups is 2. The maximum atomic E-state index is 13.1. The van der Waals surface area contributed by atoms with Crippen LogP contribution in [0.3, 0.4) is 0 Å². The smallest absolute Gasteiger partial charge is 0.321 e. The van der Waals surface area contributed by atoms with Crippen molar-refractivity contribution in [3.63, 3.8) is 0 Å². The maximum Gasteiger partial charge on any atom is 0.471 e. The fraction of sp³-hybridized carbons (Fsp3) is 0.429. The summed E-state index contributed by atoms with van der Waals surface area (Å²) in [6.45, 7) is 6.38. The second-order valence-electron chi connectivity index (χ2n) is 8.40. The van der Waals surface area contributed by atoms with Crippen LogP contribution in [-0.2, 0) is 17.6 Å². The van der Waals surface area contributed by atoms with E-state index >= 15 is 0 Å². The molecule has 2 aromatic rings. The Bertz CT molecular complexity index is 980. The number of hydrogen-bond acceptors (Lipinski definition) is 3. The van der Waals surface area contributed by atoms with Crippen LogP contribution in [0.5, 0.6) is 0 Å². The zero-order valence-electron chi connectivity index (χ0n) is 16.7. The number of hydrogen-bond donors (Lipinski definition) is 2. The Morgan fingerprint density at radius 3 is 2.40 bits per heavy atom. The molecule has 0 spiro atoms. The number of fused-ring (bicyclic) bond motifs is 1. The van der Waals surface area contributed by atoms with Gasteiger partial charge >= 0.3 is 12.1 Å². The van der Waals surface area contributed by atoms with Gasteiger partial charge in [-0.3, -0.25) is 9.59 Å². The summed E-state index contributed by atoms with van der Waals surface area (Å²) in [5, 5.41) is 4.62. The van der Waals surface area contributed by atoms with Crippen LogP contribution in [0, 0.1) is 11.3 Å². The van der Waals surface area contributed by atoms with E-state index in [2.05, 4.69) is 42.0 Å². The van der Waals surface area contributed by atoms with Crippen molar-refractivity contribution in [2.24, 2.45) is 11.3 Å². The lowest BCUT2D eigenvalue weighted by Crippen LogP contribution is -2.30. The van der Waals surface area contributed by atoms with Gasteiger partial charge in [-0.05, 0) is 64.2 Å². The standard InChI is InChI=1S/C21H22BrF3N2O2S/c1-20(2,3)11-8-9-12-15(10-11)30-18(27-19(29)21(23,24)25)16(12)17(28)26-14-7-5-4-6-13(14)22/h4-7,11H,8-10H2,1-3H3,(H,26,28)(H,27,29). The van der Waals surface area contributed by atoms with Crippen molar-refractivity contribution in [3.05, 3.63) is 44.7 Å². The lowest BCUT2D eigenvalue weighted by Gasteiger charge is -2.33. The molecule has 30 heavy (non-hydrogen) atoms. The first-order valence-electron chi connectivity index (χ1n) is 9.46. The Kier molecular flexibility index (Phi) is 6.34. The van der Waals surface area contributed by atoms with E-state index in [-0.39, 0.29) is 16.0 Å². The minimum absolute atomic E-state index is 0.0361. The van der Waals surface area contributed by atoms with Crippen molar-refractivity contribution >= 4 is 49.8 Å². The first-order valence-corrected chi connectivity index (χ1v) is 11.1. The van der Waals surface area contributed by atoms with Gasteiger partial charge in [0, 0.05) is 9.35 Å². The topological polar surface area (TPSA) is 58.2 Å². The Morgan fingerprint density at radius 2 is 1.80 bits per heavy atom. The van der Waals surface area contributed by atoms with E-state index in [1.54, 1.807) is 24.3 Å². The van der Waals surface area contributed by atoms with Gasteiger partial charge in [0.05, 0.1) is 11.3 Å². The Hall–Kier alpha value is -1.87. The number of rotatable bonds is 3. The number of thiophene rings is 1. The second kappa shape index (κ2) is 8.34. The number of halogens is 4. The molecule has 2 amide bonds. The molecule has 3 rings (SSSR count). The van der Waals surface area contributed by atoms with Gasteiger partial charge in [0.15, 0.2) is 0 Å². The number of para-hydroxylation sites is 1. The summed E-state index contributed by atoms with van der Waals surface area (Å²) >= 11 is 4.41. The van der Waals surface area contributed by atoms with Crippen molar-refractivity contribution in [1.29, 1.82) is 0 Å². The van der Waals surface area contributed by atoms with Crippen LogP contribution < -0.4 is 10.6 Å². The molecule has 4 nitrogen and oxygen atoms in total. The fourth-order valence-corrected chi connectivity index (χ4v) is 5.28. The average Bonchev–Trinajstić information content (AvgIpc) is 2.99. The lowest BCUT2D eigenvalue weighted by molar-refractivity contribution is -0.167. The number of carbonyl (C=O) groups excluding carboxylic acids is 2. The summed E-state index contributed by atoms with van der Waals surface area (Å²) in [6, 6.07) is 6.96. The van der Waals surface area contributed by atoms with Gasteiger partial charge in [0.1, 0.15) is 5.00 Å². The zero-order chi connectivity index (χ0) is 22.3.